The lowest BCUT2D eigenvalue weighted by Crippen LogP contribution is -2.22. The van der Waals surface area contributed by atoms with Crippen LogP contribution in [0.15, 0.2) is 47.7 Å². The zero-order chi connectivity index (χ0) is 13.5. The molecular weight excluding hydrogens is 252 g/mol. The Hall–Kier alpha value is -2.43. The highest BCUT2D eigenvalue weighted by molar-refractivity contribution is 5.74. The molecule has 3 aromatic rings. The lowest BCUT2D eigenvalue weighted by atomic mass is 10.3. The molecule has 5 heteroatoms. The van der Waals surface area contributed by atoms with Crippen LogP contribution in [0.4, 0.5) is 0 Å². The quantitative estimate of drug-likeness (QED) is 0.728. The highest BCUT2D eigenvalue weighted by Gasteiger charge is 2.25. The maximum atomic E-state index is 12.1. The first kappa shape index (κ1) is 11.4. The molecule has 1 aliphatic carbocycles. The number of nitrogens with zero attached hydrogens (tertiary/aromatic N) is 4. The predicted octanol–water partition coefficient (Wildman–Crippen LogP) is 1.98. The zero-order valence-electron chi connectivity index (χ0n) is 10.9. The highest BCUT2D eigenvalue weighted by Crippen LogP contribution is 2.35. The van der Waals surface area contributed by atoms with Crippen molar-refractivity contribution in [3.05, 3.63) is 59.0 Å². The minimum absolute atomic E-state index is 0.0888. The summed E-state index contributed by atoms with van der Waals surface area (Å²) < 4.78 is 3.92. The van der Waals surface area contributed by atoms with E-state index >= 15 is 0 Å². The summed E-state index contributed by atoms with van der Waals surface area (Å²) in [6.07, 6.45) is 7.60. The summed E-state index contributed by atoms with van der Waals surface area (Å²) in [5.74, 6) is 0.936. The Bertz CT molecular complexity index is 829. The molecule has 0 radical (unpaired) electrons. The van der Waals surface area contributed by atoms with E-state index in [0.29, 0.717) is 12.6 Å². The Morgan fingerprint density at radius 2 is 2.05 bits per heavy atom. The molecule has 0 bridgehead atoms. The van der Waals surface area contributed by atoms with Gasteiger partial charge in [-0.3, -0.25) is 9.36 Å². The number of para-hydroxylation sites is 2. The van der Waals surface area contributed by atoms with Crippen LogP contribution in [0.3, 0.4) is 0 Å². The van der Waals surface area contributed by atoms with Crippen molar-refractivity contribution in [2.45, 2.75) is 25.4 Å². The molecule has 1 aliphatic rings. The van der Waals surface area contributed by atoms with Gasteiger partial charge in [0.1, 0.15) is 5.82 Å². The molecule has 0 aliphatic heterocycles. The standard InChI is InChI=1S/C15H14N4O/c20-15-9-17-12-3-1-2-4-13(12)19(15)10-14-16-7-8-18(14)11-5-6-11/h1-4,7-9,11H,5-6,10H2. The molecule has 0 saturated heterocycles. The van der Waals surface area contributed by atoms with Gasteiger partial charge in [-0.05, 0) is 25.0 Å². The van der Waals surface area contributed by atoms with Crippen molar-refractivity contribution >= 4 is 11.0 Å². The van der Waals surface area contributed by atoms with E-state index in [1.807, 2.05) is 36.7 Å². The number of imidazole rings is 1. The van der Waals surface area contributed by atoms with E-state index in [-0.39, 0.29) is 5.56 Å². The normalized spacial score (nSPS) is 14.8. The maximum absolute atomic E-state index is 12.1. The second-order valence-electron chi connectivity index (χ2n) is 5.15. The Labute approximate surface area is 115 Å². The lowest BCUT2D eigenvalue weighted by Gasteiger charge is -2.10. The monoisotopic (exact) mass is 266 g/mol. The molecule has 2 aromatic heterocycles. The third-order valence-corrected chi connectivity index (χ3v) is 3.74. The summed E-state index contributed by atoms with van der Waals surface area (Å²) in [7, 11) is 0. The van der Waals surface area contributed by atoms with Crippen molar-refractivity contribution in [3.8, 4) is 0 Å². The van der Waals surface area contributed by atoms with Crippen LogP contribution in [0.5, 0.6) is 0 Å². The third kappa shape index (κ3) is 1.82. The fraction of sp³-hybridized carbons (Fsp3) is 0.267. The maximum Gasteiger partial charge on any atom is 0.269 e. The summed E-state index contributed by atoms with van der Waals surface area (Å²) in [6, 6.07) is 8.26. The first-order valence-corrected chi connectivity index (χ1v) is 6.79. The molecule has 0 N–H and O–H groups in total. The number of aromatic nitrogens is 4. The number of rotatable bonds is 3. The van der Waals surface area contributed by atoms with Crippen molar-refractivity contribution in [1.29, 1.82) is 0 Å². The fourth-order valence-electron chi connectivity index (χ4n) is 2.57. The topological polar surface area (TPSA) is 52.7 Å². The number of hydrogen-bond acceptors (Lipinski definition) is 3. The van der Waals surface area contributed by atoms with Crippen LogP contribution < -0.4 is 5.56 Å². The van der Waals surface area contributed by atoms with Gasteiger partial charge in [-0.2, -0.15) is 0 Å². The number of benzene rings is 1. The SMILES string of the molecule is O=c1cnc2ccccc2n1Cc1nccn1C1CC1. The average molecular weight is 266 g/mol. The Morgan fingerprint density at radius 3 is 2.90 bits per heavy atom. The summed E-state index contributed by atoms with van der Waals surface area (Å²) >= 11 is 0. The molecule has 0 amide bonds. The molecule has 0 atom stereocenters. The Morgan fingerprint density at radius 1 is 1.20 bits per heavy atom. The van der Waals surface area contributed by atoms with Crippen molar-refractivity contribution in [2.24, 2.45) is 0 Å². The van der Waals surface area contributed by atoms with Gasteiger partial charge in [-0.15, -0.1) is 0 Å². The van der Waals surface area contributed by atoms with Crippen molar-refractivity contribution in [2.75, 3.05) is 0 Å². The summed E-state index contributed by atoms with van der Waals surface area (Å²) in [5.41, 5.74) is 1.59. The first-order valence-electron chi connectivity index (χ1n) is 6.79. The van der Waals surface area contributed by atoms with Crippen LogP contribution in [0.25, 0.3) is 11.0 Å². The molecule has 5 nitrogen and oxygen atoms in total. The van der Waals surface area contributed by atoms with Crippen molar-refractivity contribution in [3.63, 3.8) is 0 Å². The predicted molar refractivity (Wildman–Crippen MR) is 75.6 cm³/mol. The smallest absolute Gasteiger partial charge is 0.269 e. The second kappa shape index (κ2) is 4.30. The van der Waals surface area contributed by atoms with Gasteiger partial charge in [0.15, 0.2) is 0 Å². The molecule has 100 valence electrons. The van der Waals surface area contributed by atoms with E-state index in [0.717, 1.165) is 16.9 Å². The zero-order valence-corrected chi connectivity index (χ0v) is 10.9. The summed E-state index contributed by atoms with van der Waals surface area (Å²) in [4.78, 5) is 20.7. The summed E-state index contributed by atoms with van der Waals surface area (Å²) in [5, 5.41) is 0. The summed E-state index contributed by atoms with van der Waals surface area (Å²) in [6.45, 7) is 0.491. The average Bonchev–Trinajstić information content (AvgIpc) is 3.22. The van der Waals surface area contributed by atoms with Crippen LogP contribution >= 0.6 is 0 Å². The molecule has 1 saturated carbocycles. The minimum atomic E-state index is -0.0888. The van der Waals surface area contributed by atoms with Gasteiger partial charge in [0, 0.05) is 18.4 Å². The van der Waals surface area contributed by atoms with E-state index in [2.05, 4.69) is 14.5 Å². The first-order chi connectivity index (χ1) is 9.83. The molecule has 0 unspecified atom stereocenters. The van der Waals surface area contributed by atoms with Gasteiger partial charge in [0.05, 0.1) is 23.8 Å². The minimum Gasteiger partial charge on any atom is -0.330 e. The van der Waals surface area contributed by atoms with Crippen molar-refractivity contribution < 1.29 is 0 Å². The van der Waals surface area contributed by atoms with Crippen LogP contribution in [-0.2, 0) is 6.54 Å². The van der Waals surface area contributed by atoms with E-state index < -0.39 is 0 Å². The van der Waals surface area contributed by atoms with E-state index in [1.165, 1.54) is 19.0 Å². The van der Waals surface area contributed by atoms with Crippen LogP contribution in [0, 0.1) is 0 Å². The molecule has 2 heterocycles. The second-order valence-corrected chi connectivity index (χ2v) is 5.15. The Balaban J connectivity index is 1.83. The number of hydrogen-bond donors (Lipinski definition) is 0. The molecule has 1 fully saturated rings. The van der Waals surface area contributed by atoms with E-state index in [9.17, 15) is 4.79 Å². The van der Waals surface area contributed by atoms with Gasteiger partial charge in [0.2, 0.25) is 0 Å². The van der Waals surface area contributed by atoms with Crippen molar-refractivity contribution in [1.82, 2.24) is 19.1 Å². The molecule has 20 heavy (non-hydrogen) atoms. The van der Waals surface area contributed by atoms with Gasteiger partial charge < -0.3 is 4.57 Å². The Kier molecular flexibility index (Phi) is 2.45. The van der Waals surface area contributed by atoms with Gasteiger partial charge in [-0.1, -0.05) is 12.1 Å². The lowest BCUT2D eigenvalue weighted by molar-refractivity contribution is 0.638. The van der Waals surface area contributed by atoms with E-state index in [1.54, 1.807) is 4.57 Å². The van der Waals surface area contributed by atoms with Crippen LogP contribution in [-0.4, -0.2) is 19.1 Å². The third-order valence-electron chi connectivity index (χ3n) is 3.74. The van der Waals surface area contributed by atoms with Gasteiger partial charge in [0.25, 0.3) is 5.56 Å². The fourth-order valence-corrected chi connectivity index (χ4v) is 2.57. The van der Waals surface area contributed by atoms with Gasteiger partial charge >= 0.3 is 0 Å². The highest BCUT2D eigenvalue weighted by atomic mass is 16.1. The van der Waals surface area contributed by atoms with Crippen LogP contribution in [0.1, 0.15) is 24.7 Å². The van der Waals surface area contributed by atoms with Crippen LogP contribution in [0.2, 0.25) is 0 Å². The molecule has 1 aromatic carbocycles. The number of fused-ring (bicyclic) bond motifs is 1. The van der Waals surface area contributed by atoms with Gasteiger partial charge in [-0.25, -0.2) is 9.97 Å². The largest absolute Gasteiger partial charge is 0.330 e. The molecule has 4 rings (SSSR count). The molecular formula is C15H14N4O. The molecule has 0 spiro atoms. The van der Waals surface area contributed by atoms with E-state index in [4.69, 9.17) is 0 Å².